The van der Waals surface area contributed by atoms with Crippen molar-refractivity contribution in [3.63, 3.8) is 0 Å². The molecule has 7 heteroatoms. The van der Waals surface area contributed by atoms with Gasteiger partial charge in [-0.15, -0.1) is 5.10 Å². The second kappa shape index (κ2) is 6.95. The maximum Gasteiger partial charge on any atom is 0.185 e. The van der Waals surface area contributed by atoms with Gasteiger partial charge in [-0.1, -0.05) is 13.3 Å². The van der Waals surface area contributed by atoms with Crippen LogP contribution in [0, 0.1) is 5.82 Å². The molecule has 0 saturated carbocycles. The van der Waals surface area contributed by atoms with E-state index in [1.165, 1.54) is 10.7 Å². The number of ether oxygens (including phenoxy) is 1. The number of tetrazole rings is 1. The first-order chi connectivity index (χ1) is 9.72. The number of benzene rings is 1. The third-order valence-corrected chi connectivity index (χ3v) is 2.86. The van der Waals surface area contributed by atoms with Gasteiger partial charge in [0.25, 0.3) is 0 Å². The van der Waals surface area contributed by atoms with E-state index in [0.29, 0.717) is 36.8 Å². The van der Waals surface area contributed by atoms with Crippen LogP contribution in [0.25, 0.3) is 11.4 Å². The van der Waals surface area contributed by atoms with Crippen LogP contribution in [0.3, 0.4) is 0 Å². The highest BCUT2D eigenvalue weighted by Gasteiger charge is 2.13. The van der Waals surface area contributed by atoms with E-state index in [1.54, 1.807) is 12.1 Å². The van der Waals surface area contributed by atoms with Gasteiger partial charge in [0.15, 0.2) is 5.82 Å². The van der Waals surface area contributed by atoms with Crippen LogP contribution >= 0.6 is 0 Å². The molecule has 0 amide bonds. The fraction of sp³-hybridized carbons (Fsp3) is 0.462. The molecule has 1 heterocycles. The minimum Gasteiger partial charge on any atom is -0.399 e. The number of halogens is 1. The Morgan fingerprint density at radius 3 is 2.95 bits per heavy atom. The lowest BCUT2D eigenvalue weighted by molar-refractivity contribution is 0.121. The van der Waals surface area contributed by atoms with Crippen molar-refractivity contribution < 1.29 is 9.13 Å². The van der Waals surface area contributed by atoms with E-state index in [1.807, 2.05) is 0 Å². The SMILES string of the molecule is CCCCOCCn1nnnc1-c1ccc(N)cc1F. The molecule has 6 nitrogen and oxygen atoms in total. The quantitative estimate of drug-likeness (QED) is 0.618. The molecule has 0 bridgehead atoms. The lowest BCUT2D eigenvalue weighted by atomic mass is 10.2. The highest BCUT2D eigenvalue weighted by Crippen LogP contribution is 2.21. The van der Waals surface area contributed by atoms with Crippen molar-refractivity contribution in [1.82, 2.24) is 20.2 Å². The predicted molar refractivity (Wildman–Crippen MR) is 73.4 cm³/mol. The van der Waals surface area contributed by atoms with Crippen molar-refractivity contribution in [2.24, 2.45) is 0 Å². The molecule has 0 radical (unpaired) electrons. The van der Waals surface area contributed by atoms with Crippen LogP contribution in [-0.2, 0) is 11.3 Å². The van der Waals surface area contributed by atoms with Gasteiger partial charge in [-0.2, -0.15) is 0 Å². The van der Waals surface area contributed by atoms with Crippen molar-refractivity contribution >= 4 is 5.69 Å². The Bertz CT molecular complexity index is 557. The van der Waals surface area contributed by atoms with Crippen LogP contribution in [0.2, 0.25) is 0 Å². The molecule has 108 valence electrons. The Morgan fingerprint density at radius 2 is 2.20 bits per heavy atom. The summed E-state index contributed by atoms with van der Waals surface area (Å²) in [4.78, 5) is 0. The summed E-state index contributed by atoms with van der Waals surface area (Å²) in [6.45, 7) is 3.79. The van der Waals surface area contributed by atoms with Crippen molar-refractivity contribution in [1.29, 1.82) is 0 Å². The number of rotatable bonds is 7. The molecule has 20 heavy (non-hydrogen) atoms. The third-order valence-electron chi connectivity index (χ3n) is 2.86. The van der Waals surface area contributed by atoms with Gasteiger partial charge in [-0.25, -0.2) is 9.07 Å². The number of nitrogens with zero attached hydrogens (tertiary/aromatic N) is 4. The van der Waals surface area contributed by atoms with Gasteiger partial charge in [-0.05, 0) is 35.0 Å². The fourth-order valence-corrected chi connectivity index (χ4v) is 1.76. The first-order valence-electron chi connectivity index (χ1n) is 6.61. The Kier molecular flexibility index (Phi) is 5.00. The summed E-state index contributed by atoms with van der Waals surface area (Å²) >= 11 is 0. The lowest BCUT2D eigenvalue weighted by Crippen LogP contribution is -2.10. The number of nitrogens with two attached hydrogens (primary N) is 1. The zero-order valence-corrected chi connectivity index (χ0v) is 11.4. The first kappa shape index (κ1) is 14.4. The van der Waals surface area contributed by atoms with Crippen molar-refractivity contribution in [2.75, 3.05) is 18.9 Å². The minimum absolute atomic E-state index is 0.331. The normalized spacial score (nSPS) is 10.9. The van der Waals surface area contributed by atoms with E-state index >= 15 is 0 Å². The van der Waals surface area contributed by atoms with Gasteiger partial charge < -0.3 is 10.5 Å². The summed E-state index contributed by atoms with van der Waals surface area (Å²) < 4.78 is 20.8. The average molecular weight is 279 g/mol. The van der Waals surface area contributed by atoms with E-state index in [9.17, 15) is 4.39 Å². The summed E-state index contributed by atoms with van der Waals surface area (Å²) in [6, 6.07) is 4.45. The Morgan fingerprint density at radius 1 is 1.35 bits per heavy atom. The minimum atomic E-state index is -0.437. The monoisotopic (exact) mass is 279 g/mol. The zero-order valence-electron chi connectivity index (χ0n) is 11.4. The average Bonchev–Trinajstić information content (AvgIpc) is 2.87. The second-order valence-electron chi connectivity index (χ2n) is 4.43. The Balaban J connectivity index is 2.04. The van der Waals surface area contributed by atoms with Gasteiger partial charge in [0.2, 0.25) is 0 Å². The number of hydrogen-bond acceptors (Lipinski definition) is 5. The second-order valence-corrected chi connectivity index (χ2v) is 4.43. The standard InChI is InChI=1S/C13H18FN5O/c1-2-3-7-20-8-6-19-13(16-17-18-19)11-5-4-10(15)9-12(11)14/h4-5,9H,2-3,6-8,15H2,1H3. The van der Waals surface area contributed by atoms with E-state index in [-0.39, 0.29) is 0 Å². The number of anilines is 1. The third kappa shape index (κ3) is 3.51. The summed E-state index contributed by atoms with van der Waals surface area (Å²) in [5.74, 6) is -0.0606. The summed E-state index contributed by atoms with van der Waals surface area (Å²) in [6.07, 6.45) is 2.11. The fourth-order valence-electron chi connectivity index (χ4n) is 1.76. The number of aromatic nitrogens is 4. The number of unbranched alkanes of at least 4 members (excludes halogenated alkanes) is 1. The zero-order chi connectivity index (χ0) is 14.4. The highest BCUT2D eigenvalue weighted by molar-refractivity contribution is 5.59. The van der Waals surface area contributed by atoms with Crippen LogP contribution in [0.15, 0.2) is 18.2 Å². The molecule has 0 spiro atoms. The van der Waals surface area contributed by atoms with Crippen LogP contribution in [0.4, 0.5) is 10.1 Å². The summed E-state index contributed by atoms with van der Waals surface area (Å²) in [7, 11) is 0. The van der Waals surface area contributed by atoms with Crippen molar-refractivity contribution in [2.45, 2.75) is 26.3 Å². The Labute approximate surface area is 116 Å². The van der Waals surface area contributed by atoms with Gasteiger partial charge >= 0.3 is 0 Å². The van der Waals surface area contributed by atoms with E-state index in [4.69, 9.17) is 10.5 Å². The summed E-state index contributed by atoms with van der Waals surface area (Å²) in [5, 5.41) is 11.3. The van der Waals surface area contributed by atoms with Crippen LogP contribution < -0.4 is 5.73 Å². The van der Waals surface area contributed by atoms with Gasteiger partial charge in [0, 0.05) is 12.3 Å². The molecule has 0 aliphatic heterocycles. The van der Waals surface area contributed by atoms with E-state index < -0.39 is 5.82 Å². The van der Waals surface area contributed by atoms with Gasteiger partial charge in [-0.3, -0.25) is 0 Å². The number of nitrogen functional groups attached to an aromatic ring is 1. The lowest BCUT2D eigenvalue weighted by Gasteiger charge is -2.06. The van der Waals surface area contributed by atoms with Gasteiger partial charge in [0.1, 0.15) is 5.82 Å². The maximum atomic E-state index is 13.9. The molecule has 2 rings (SSSR count). The van der Waals surface area contributed by atoms with Crippen LogP contribution in [0.1, 0.15) is 19.8 Å². The molecule has 0 saturated heterocycles. The van der Waals surface area contributed by atoms with E-state index in [2.05, 4.69) is 22.4 Å². The van der Waals surface area contributed by atoms with Crippen molar-refractivity contribution in [3.05, 3.63) is 24.0 Å². The first-order valence-corrected chi connectivity index (χ1v) is 6.61. The van der Waals surface area contributed by atoms with Crippen LogP contribution in [0.5, 0.6) is 0 Å². The molecule has 2 aromatic rings. The summed E-state index contributed by atoms with van der Waals surface area (Å²) in [5.41, 5.74) is 6.23. The van der Waals surface area contributed by atoms with Crippen LogP contribution in [-0.4, -0.2) is 33.4 Å². The van der Waals surface area contributed by atoms with Crippen molar-refractivity contribution in [3.8, 4) is 11.4 Å². The molecule has 0 aliphatic rings. The smallest absolute Gasteiger partial charge is 0.185 e. The molecule has 0 fully saturated rings. The van der Waals surface area contributed by atoms with Gasteiger partial charge in [0.05, 0.1) is 18.7 Å². The highest BCUT2D eigenvalue weighted by atomic mass is 19.1. The predicted octanol–water partition coefficient (Wildman–Crippen LogP) is 1.88. The topological polar surface area (TPSA) is 78.8 Å². The molecule has 0 atom stereocenters. The molecule has 2 N–H and O–H groups in total. The Hall–Kier alpha value is -2.02. The molecule has 1 aromatic carbocycles. The maximum absolute atomic E-state index is 13.9. The molecule has 0 unspecified atom stereocenters. The largest absolute Gasteiger partial charge is 0.399 e. The van der Waals surface area contributed by atoms with E-state index in [0.717, 1.165) is 12.8 Å². The molecular formula is C13H18FN5O. The molecular weight excluding hydrogens is 261 g/mol. The number of hydrogen-bond donors (Lipinski definition) is 1. The molecule has 0 aliphatic carbocycles. The molecule has 1 aromatic heterocycles.